The van der Waals surface area contributed by atoms with Crippen molar-refractivity contribution in [1.82, 2.24) is 9.88 Å². The summed E-state index contributed by atoms with van der Waals surface area (Å²) in [4.78, 5) is 18.2. The van der Waals surface area contributed by atoms with Gasteiger partial charge in [0.1, 0.15) is 5.69 Å². The molecule has 0 aliphatic heterocycles. The summed E-state index contributed by atoms with van der Waals surface area (Å²) in [6.45, 7) is 2.98. The van der Waals surface area contributed by atoms with Gasteiger partial charge in [-0.25, -0.2) is 4.98 Å². The van der Waals surface area contributed by atoms with Crippen molar-refractivity contribution >= 4 is 5.91 Å². The molecule has 0 aliphatic carbocycles. The molecule has 108 valence electrons. The molecule has 0 radical (unpaired) electrons. The fourth-order valence-electron chi connectivity index (χ4n) is 1.70. The number of rotatable bonds is 6. The van der Waals surface area contributed by atoms with Crippen molar-refractivity contribution < 1.29 is 15.0 Å². The van der Waals surface area contributed by atoms with Crippen molar-refractivity contribution in [2.24, 2.45) is 0 Å². The third-order valence-corrected chi connectivity index (χ3v) is 2.73. The van der Waals surface area contributed by atoms with E-state index >= 15 is 0 Å². The van der Waals surface area contributed by atoms with Crippen LogP contribution in [0.4, 0.5) is 0 Å². The van der Waals surface area contributed by atoms with Gasteiger partial charge in [0, 0.05) is 32.3 Å². The number of pyridine rings is 1. The van der Waals surface area contributed by atoms with Crippen LogP contribution in [0.25, 0.3) is 0 Å². The van der Waals surface area contributed by atoms with Crippen LogP contribution in [0, 0.1) is 11.8 Å². The van der Waals surface area contributed by atoms with Crippen molar-refractivity contribution in [3.05, 3.63) is 29.6 Å². The highest BCUT2D eigenvalue weighted by atomic mass is 16.3. The first-order valence-corrected chi connectivity index (χ1v) is 6.69. The fourth-order valence-corrected chi connectivity index (χ4v) is 1.70. The van der Waals surface area contributed by atoms with Crippen LogP contribution in [0.2, 0.25) is 0 Å². The Morgan fingerprint density at radius 2 is 2.20 bits per heavy atom. The second-order valence-corrected chi connectivity index (χ2v) is 4.14. The molecule has 0 fully saturated rings. The topological polar surface area (TPSA) is 73.7 Å². The third kappa shape index (κ3) is 4.65. The molecule has 1 heterocycles. The molecule has 0 aromatic carbocycles. The van der Waals surface area contributed by atoms with E-state index in [1.165, 1.54) is 0 Å². The van der Waals surface area contributed by atoms with Crippen molar-refractivity contribution in [3.63, 3.8) is 0 Å². The lowest BCUT2D eigenvalue weighted by molar-refractivity contribution is 0.0748. The number of aliphatic hydroxyl groups excluding tert-OH is 2. The Kier molecular flexibility index (Phi) is 7.33. The summed E-state index contributed by atoms with van der Waals surface area (Å²) >= 11 is 0. The lowest BCUT2D eigenvalue weighted by Crippen LogP contribution is -2.33. The zero-order valence-corrected chi connectivity index (χ0v) is 11.7. The van der Waals surface area contributed by atoms with E-state index < -0.39 is 0 Å². The van der Waals surface area contributed by atoms with Crippen LogP contribution >= 0.6 is 0 Å². The van der Waals surface area contributed by atoms with Gasteiger partial charge in [-0.05, 0) is 25.5 Å². The number of carbonyl (C=O) groups excluding carboxylic acids is 1. The summed E-state index contributed by atoms with van der Waals surface area (Å²) < 4.78 is 0. The summed E-state index contributed by atoms with van der Waals surface area (Å²) in [5.74, 6) is 5.47. The lowest BCUT2D eigenvalue weighted by atomic mass is 10.1. The molecule has 0 bridgehead atoms. The molecular weight excluding hydrogens is 256 g/mol. The third-order valence-electron chi connectivity index (χ3n) is 2.73. The van der Waals surface area contributed by atoms with E-state index in [-0.39, 0.29) is 19.1 Å². The van der Waals surface area contributed by atoms with Crippen molar-refractivity contribution in [3.8, 4) is 11.8 Å². The maximum Gasteiger partial charge on any atom is 0.273 e. The number of aliphatic hydroxyl groups is 2. The Labute approximate surface area is 119 Å². The molecular formula is C15H20N2O3. The predicted molar refractivity (Wildman–Crippen MR) is 76.1 cm³/mol. The largest absolute Gasteiger partial charge is 0.396 e. The molecule has 20 heavy (non-hydrogen) atoms. The quantitative estimate of drug-likeness (QED) is 0.749. The van der Waals surface area contributed by atoms with E-state index in [1.54, 1.807) is 23.2 Å². The van der Waals surface area contributed by atoms with Gasteiger partial charge in [0.05, 0.1) is 12.2 Å². The highest BCUT2D eigenvalue weighted by Gasteiger charge is 2.17. The van der Waals surface area contributed by atoms with Crippen LogP contribution in [0.1, 0.15) is 35.8 Å². The molecule has 0 unspecified atom stereocenters. The van der Waals surface area contributed by atoms with E-state index in [2.05, 4.69) is 16.8 Å². The van der Waals surface area contributed by atoms with Crippen LogP contribution in [0.3, 0.4) is 0 Å². The summed E-state index contributed by atoms with van der Waals surface area (Å²) in [7, 11) is 0. The fraction of sp³-hybridized carbons (Fsp3) is 0.467. The average molecular weight is 276 g/mol. The molecule has 1 amide bonds. The second-order valence-electron chi connectivity index (χ2n) is 4.14. The second kappa shape index (κ2) is 9.08. The molecule has 0 saturated heterocycles. The van der Waals surface area contributed by atoms with Gasteiger partial charge in [0.15, 0.2) is 0 Å². The van der Waals surface area contributed by atoms with Gasteiger partial charge in [-0.1, -0.05) is 11.8 Å². The average Bonchev–Trinajstić information content (AvgIpc) is 2.48. The van der Waals surface area contributed by atoms with Crippen LogP contribution in [0.5, 0.6) is 0 Å². The van der Waals surface area contributed by atoms with Crippen LogP contribution in [-0.2, 0) is 0 Å². The van der Waals surface area contributed by atoms with E-state index in [1.807, 2.05) is 6.92 Å². The van der Waals surface area contributed by atoms with Gasteiger partial charge in [-0.15, -0.1) is 0 Å². The normalized spacial score (nSPS) is 9.75. The maximum absolute atomic E-state index is 12.4. The molecule has 1 aromatic rings. The molecule has 1 rings (SSSR count). The van der Waals surface area contributed by atoms with Crippen LogP contribution in [-0.4, -0.2) is 52.3 Å². The summed E-state index contributed by atoms with van der Waals surface area (Å²) in [6, 6.07) is 3.47. The van der Waals surface area contributed by atoms with E-state index in [0.717, 1.165) is 0 Å². The first-order chi connectivity index (χ1) is 9.74. The van der Waals surface area contributed by atoms with Crippen molar-refractivity contribution in [2.45, 2.75) is 19.8 Å². The number of nitrogens with zero attached hydrogens (tertiary/aromatic N) is 2. The number of hydrogen-bond acceptors (Lipinski definition) is 4. The lowest BCUT2D eigenvalue weighted by Gasteiger charge is -2.20. The molecule has 5 heteroatoms. The molecule has 1 aromatic heterocycles. The highest BCUT2D eigenvalue weighted by Crippen LogP contribution is 2.08. The van der Waals surface area contributed by atoms with Gasteiger partial charge < -0.3 is 15.1 Å². The Hall–Kier alpha value is -1.90. The zero-order valence-electron chi connectivity index (χ0n) is 11.7. The summed E-state index contributed by atoms with van der Waals surface area (Å²) in [5.41, 5.74) is 0.881. The van der Waals surface area contributed by atoms with Crippen molar-refractivity contribution in [2.75, 3.05) is 26.3 Å². The van der Waals surface area contributed by atoms with Crippen molar-refractivity contribution in [1.29, 1.82) is 0 Å². The number of amides is 1. The minimum absolute atomic E-state index is 0.00583. The Morgan fingerprint density at radius 1 is 1.40 bits per heavy atom. The van der Waals surface area contributed by atoms with Crippen LogP contribution < -0.4 is 0 Å². The number of carbonyl (C=O) groups is 1. The summed E-state index contributed by atoms with van der Waals surface area (Å²) in [6.07, 6.45) is 2.47. The maximum atomic E-state index is 12.4. The first kappa shape index (κ1) is 16.2. The highest BCUT2D eigenvalue weighted by molar-refractivity contribution is 5.94. The molecule has 0 aliphatic rings. The van der Waals surface area contributed by atoms with E-state index in [0.29, 0.717) is 37.2 Å². The van der Waals surface area contributed by atoms with Gasteiger partial charge in [0.25, 0.3) is 5.91 Å². The monoisotopic (exact) mass is 276 g/mol. The first-order valence-electron chi connectivity index (χ1n) is 6.69. The van der Waals surface area contributed by atoms with Gasteiger partial charge in [-0.3, -0.25) is 4.79 Å². The Bertz CT molecular complexity index is 491. The van der Waals surface area contributed by atoms with E-state index in [9.17, 15) is 4.79 Å². The number of aromatic nitrogens is 1. The zero-order chi connectivity index (χ0) is 14.8. The van der Waals surface area contributed by atoms with Crippen LogP contribution in [0.15, 0.2) is 18.3 Å². The molecule has 5 nitrogen and oxygen atoms in total. The molecule has 0 saturated carbocycles. The van der Waals surface area contributed by atoms with Gasteiger partial charge in [-0.2, -0.15) is 0 Å². The predicted octanol–water partition coefficient (Wildman–Crippen LogP) is 0.660. The SMILES string of the molecule is CCN(CCCO)C(=O)c1ncccc1C#CCCO. The molecule has 0 atom stereocenters. The standard InChI is InChI=1S/C15H20N2O3/c1-2-17(10-6-12-19)15(20)14-13(7-3-4-11-18)8-5-9-16-14/h5,8-9,18-19H,2,4,6,10-12H2,1H3. The smallest absolute Gasteiger partial charge is 0.273 e. The Morgan fingerprint density at radius 3 is 2.85 bits per heavy atom. The van der Waals surface area contributed by atoms with E-state index in [4.69, 9.17) is 10.2 Å². The molecule has 2 N–H and O–H groups in total. The summed E-state index contributed by atoms with van der Waals surface area (Å²) in [5, 5.41) is 17.6. The van der Waals surface area contributed by atoms with Gasteiger partial charge in [0.2, 0.25) is 0 Å². The minimum atomic E-state index is -0.185. The Balaban J connectivity index is 2.94. The number of hydrogen-bond donors (Lipinski definition) is 2. The van der Waals surface area contributed by atoms with Gasteiger partial charge >= 0.3 is 0 Å². The minimum Gasteiger partial charge on any atom is -0.396 e. The molecule has 0 spiro atoms.